The summed E-state index contributed by atoms with van der Waals surface area (Å²) in [6.07, 6.45) is 1.96. The Morgan fingerprint density at radius 1 is 1.29 bits per heavy atom. The molecule has 0 aromatic heterocycles. The molecule has 1 heterocycles. The van der Waals surface area contributed by atoms with Gasteiger partial charge in [0.05, 0.1) is 13.2 Å². The highest BCUT2D eigenvalue weighted by Gasteiger charge is 2.09. The standard InChI is InChI=1S/C12H24N2O3/c1-2-3-9-17-12(15)11-16-10-8-14-6-4-13-5-7-14/h13H,2-11H2,1H3. The number of hydrogen-bond donors (Lipinski definition) is 1. The Balaban J connectivity index is 1.90. The molecule has 0 aliphatic carbocycles. The van der Waals surface area contributed by atoms with Gasteiger partial charge in [-0.3, -0.25) is 4.90 Å². The van der Waals surface area contributed by atoms with Crippen LogP contribution in [0.5, 0.6) is 0 Å². The molecule has 100 valence electrons. The van der Waals surface area contributed by atoms with Crippen LogP contribution >= 0.6 is 0 Å². The van der Waals surface area contributed by atoms with Crippen LogP contribution in [-0.4, -0.2) is 63.4 Å². The summed E-state index contributed by atoms with van der Waals surface area (Å²) in [7, 11) is 0. The van der Waals surface area contributed by atoms with Gasteiger partial charge in [-0.15, -0.1) is 0 Å². The zero-order valence-corrected chi connectivity index (χ0v) is 10.7. The molecule has 0 aromatic rings. The summed E-state index contributed by atoms with van der Waals surface area (Å²) in [6, 6.07) is 0. The molecule has 0 saturated carbocycles. The first-order valence-corrected chi connectivity index (χ1v) is 6.49. The highest BCUT2D eigenvalue weighted by molar-refractivity contribution is 5.70. The van der Waals surface area contributed by atoms with Crippen LogP contribution in [0.1, 0.15) is 19.8 Å². The van der Waals surface area contributed by atoms with Crippen molar-refractivity contribution in [3.05, 3.63) is 0 Å². The summed E-state index contributed by atoms with van der Waals surface area (Å²) < 4.78 is 10.3. The summed E-state index contributed by atoms with van der Waals surface area (Å²) in [5.41, 5.74) is 0. The third-order valence-corrected chi connectivity index (χ3v) is 2.74. The molecule has 1 rings (SSSR count). The maximum absolute atomic E-state index is 11.2. The fourth-order valence-electron chi connectivity index (χ4n) is 1.66. The van der Waals surface area contributed by atoms with Crippen molar-refractivity contribution in [1.82, 2.24) is 10.2 Å². The number of rotatable bonds is 8. The van der Waals surface area contributed by atoms with Gasteiger partial charge in [0, 0.05) is 32.7 Å². The zero-order valence-electron chi connectivity index (χ0n) is 10.7. The topological polar surface area (TPSA) is 50.8 Å². The number of carbonyl (C=O) groups excluding carboxylic acids is 1. The second kappa shape index (κ2) is 9.39. The molecule has 1 aliphatic heterocycles. The molecule has 1 saturated heterocycles. The SMILES string of the molecule is CCCCOC(=O)COCCN1CCNCC1. The Morgan fingerprint density at radius 2 is 2.06 bits per heavy atom. The van der Waals surface area contributed by atoms with E-state index >= 15 is 0 Å². The Kier molecular flexibility index (Phi) is 7.96. The maximum Gasteiger partial charge on any atom is 0.332 e. The summed E-state index contributed by atoms with van der Waals surface area (Å²) >= 11 is 0. The van der Waals surface area contributed by atoms with E-state index in [0.717, 1.165) is 45.6 Å². The van der Waals surface area contributed by atoms with Crippen molar-refractivity contribution in [3.63, 3.8) is 0 Å². The highest BCUT2D eigenvalue weighted by atomic mass is 16.6. The van der Waals surface area contributed by atoms with Crippen molar-refractivity contribution < 1.29 is 14.3 Å². The Morgan fingerprint density at radius 3 is 2.76 bits per heavy atom. The first kappa shape index (κ1) is 14.4. The molecule has 0 amide bonds. The lowest BCUT2D eigenvalue weighted by molar-refractivity contribution is -0.149. The number of esters is 1. The maximum atomic E-state index is 11.2. The van der Waals surface area contributed by atoms with Crippen molar-refractivity contribution in [3.8, 4) is 0 Å². The van der Waals surface area contributed by atoms with Crippen molar-refractivity contribution in [2.45, 2.75) is 19.8 Å². The molecule has 17 heavy (non-hydrogen) atoms. The van der Waals surface area contributed by atoms with Gasteiger partial charge in [0.15, 0.2) is 0 Å². The molecule has 0 unspecified atom stereocenters. The van der Waals surface area contributed by atoms with E-state index in [4.69, 9.17) is 9.47 Å². The normalized spacial score (nSPS) is 17.0. The van der Waals surface area contributed by atoms with Gasteiger partial charge in [0.2, 0.25) is 0 Å². The van der Waals surface area contributed by atoms with Gasteiger partial charge in [0.1, 0.15) is 6.61 Å². The second-order valence-electron chi connectivity index (χ2n) is 4.22. The van der Waals surface area contributed by atoms with E-state index in [2.05, 4.69) is 17.1 Å². The number of hydrogen-bond acceptors (Lipinski definition) is 5. The number of unbranched alkanes of at least 4 members (excludes halogenated alkanes) is 1. The average Bonchev–Trinajstić information content (AvgIpc) is 2.36. The second-order valence-corrected chi connectivity index (χ2v) is 4.22. The molecule has 0 radical (unpaired) electrons. The van der Waals surface area contributed by atoms with Crippen LogP contribution in [0, 0.1) is 0 Å². The minimum absolute atomic E-state index is 0.0792. The van der Waals surface area contributed by atoms with Crippen LogP contribution in [0.25, 0.3) is 0 Å². The molecular weight excluding hydrogens is 220 g/mol. The quantitative estimate of drug-likeness (QED) is 0.490. The molecule has 0 spiro atoms. The first-order valence-electron chi connectivity index (χ1n) is 6.49. The summed E-state index contributed by atoms with van der Waals surface area (Å²) in [6.45, 7) is 8.35. The summed E-state index contributed by atoms with van der Waals surface area (Å²) in [5, 5.41) is 3.30. The van der Waals surface area contributed by atoms with E-state index in [1.807, 2.05) is 0 Å². The predicted octanol–water partition coefficient (Wildman–Crippen LogP) is 0.252. The lowest BCUT2D eigenvalue weighted by Gasteiger charge is -2.26. The molecule has 5 heteroatoms. The molecule has 1 N–H and O–H groups in total. The molecule has 0 aromatic carbocycles. The van der Waals surface area contributed by atoms with Gasteiger partial charge in [-0.2, -0.15) is 0 Å². The summed E-state index contributed by atoms with van der Waals surface area (Å²) in [4.78, 5) is 13.5. The number of carbonyl (C=O) groups is 1. The lowest BCUT2D eigenvalue weighted by Crippen LogP contribution is -2.44. The van der Waals surface area contributed by atoms with Crippen molar-refractivity contribution in [1.29, 1.82) is 0 Å². The van der Waals surface area contributed by atoms with Gasteiger partial charge >= 0.3 is 5.97 Å². The van der Waals surface area contributed by atoms with Crippen LogP contribution in [0.3, 0.4) is 0 Å². The van der Waals surface area contributed by atoms with Gasteiger partial charge in [-0.05, 0) is 6.42 Å². The van der Waals surface area contributed by atoms with Crippen LogP contribution in [-0.2, 0) is 14.3 Å². The number of nitrogens with one attached hydrogen (secondary N) is 1. The van der Waals surface area contributed by atoms with Gasteiger partial charge in [-0.25, -0.2) is 4.79 Å². The molecular formula is C12H24N2O3. The third kappa shape index (κ3) is 7.31. The van der Waals surface area contributed by atoms with E-state index in [-0.39, 0.29) is 12.6 Å². The predicted molar refractivity (Wildman–Crippen MR) is 66.0 cm³/mol. The number of nitrogens with zero attached hydrogens (tertiary/aromatic N) is 1. The van der Waals surface area contributed by atoms with Crippen molar-refractivity contribution in [2.24, 2.45) is 0 Å². The zero-order chi connectivity index (χ0) is 12.3. The van der Waals surface area contributed by atoms with Gasteiger partial charge in [-0.1, -0.05) is 13.3 Å². The smallest absolute Gasteiger partial charge is 0.332 e. The Hall–Kier alpha value is -0.650. The monoisotopic (exact) mass is 244 g/mol. The van der Waals surface area contributed by atoms with Crippen LogP contribution in [0.15, 0.2) is 0 Å². The fourth-order valence-corrected chi connectivity index (χ4v) is 1.66. The van der Waals surface area contributed by atoms with E-state index in [1.165, 1.54) is 0 Å². The number of piperazine rings is 1. The summed E-state index contributed by atoms with van der Waals surface area (Å²) in [5.74, 6) is -0.251. The third-order valence-electron chi connectivity index (χ3n) is 2.74. The minimum atomic E-state index is -0.251. The van der Waals surface area contributed by atoms with E-state index in [9.17, 15) is 4.79 Å². The molecule has 0 atom stereocenters. The largest absolute Gasteiger partial charge is 0.464 e. The first-order chi connectivity index (χ1) is 8.33. The van der Waals surface area contributed by atoms with Gasteiger partial charge < -0.3 is 14.8 Å². The lowest BCUT2D eigenvalue weighted by atomic mass is 10.4. The van der Waals surface area contributed by atoms with E-state index in [0.29, 0.717) is 13.2 Å². The van der Waals surface area contributed by atoms with E-state index < -0.39 is 0 Å². The molecule has 5 nitrogen and oxygen atoms in total. The van der Waals surface area contributed by atoms with Crippen LogP contribution in [0.2, 0.25) is 0 Å². The van der Waals surface area contributed by atoms with Crippen LogP contribution < -0.4 is 5.32 Å². The Labute approximate surface area is 103 Å². The molecule has 0 bridgehead atoms. The average molecular weight is 244 g/mol. The minimum Gasteiger partial charge on any atom is -0.464 e. The van der Waals surface area contributed by atoms with Crippen LogP contribution in [0.4, 0.5) is 0 Å². The van der Waals surface area contributed by atoms with Crippen molar-refractivity contribution in [2.75, 3.05) is 52.5 Å². The van der Waals surface area contributed by atoms with Gasteiger partial charge in [0.25, 0.3) is 0 Å². The number of ether oxygens (including phenoxy) is 2. The molecule has 1 fully saturated rings. The molecule has 1 aliphatic rings. The fraction of sp³-hybridized carbons (Fsp3) is 0.917. The van der Waals surface area contributed by atoms with Crippen molar-refractivity contribution >= 4 is 5.97 Å². The van der Waals surface area contributed by atoms with E-state index in [1.54, 1.807) is 0 Å². The Bertz CT molecular complexity index is 206. The highest BCUT2D eigenvalue weighted by Crippen LogP contribution is 1.93.